The number of nitro groups is 1. The first kappa shape index (κ1) is 23.2. The Bertz CT molecular complexity index is 1080. The summed E-state index contributed by atoms with van der Waals surface area (Å²) < 4.78 is 27.4. The third kappa shape index (κ3) is 5.23. The Morgan fingerprint density at radius 2 is 1.81 bits per heavy atom. The van der Waals surface area contributed by atoms with Crippen molar-refractivity contribution in [2.75, 3.05) is 13.1 Å². The molecular formula is C21H24ClN3O5S. The van der Waals surface area contributed by atoms with E-state index < -0.39 is 14.9 Å². The molecule has 1 aliphatic rings. The summed E-state index contributed by atoms with van der Waals surface area (Å²) >= 11 is 5.90. The molecule has 10 heteroatoms. The van der Waals surface area contributed by atoms with Gasteiger partial charge in [0.05, 0.1) is 15.9 Å². The zero-order valence-corrected chi connectivity index (χ0v) is 18.8. The van der Waals surface area contributed by atoms with Gasteiger partial charge in [0.1, 0.15) is 0 Å². The van der Waals surface area contributed by atoms with Crippen molar-refractivity contribution in [1.29, 1.82) is 0 Å². The highest BCUT2D eigenvalue weighted by Gasteiger charge is 2.34. The van der Waals surface area contributed by atoms with Crippen LogP contribution in [0, 0.1) is 23.0 Å². The Labute approximate surface area is 186 Å². The summed E-state index contributed by atoms with van der Waals surface area (Å²) in [6.45, 7) is 3.84. The zero-order valence-electron chi connectivity index (χ0n) is 17.2. The lowest BCUT2D eigenvalue weighted by Crippen LogP contribution is -2.43. The van der Waals surface area contributed by atoms with E-state index in [1.165, 1.54) is 16.4 Å². The van der Waals surface area contributed by atoms with Gasteiger partial charge in [0, 0.05) is 36.2 Å². The van der Waals surface area contributed by atoms with Crippen LogP contribution >= 0.6 is 11.6 Å². The maximum atomic E-state index is 13.0. The molecule has 8 nitrogen and oxygen atoms in total. The van der Waals surface area contributed by atoms with Gasteiger partial charge in [-0.25, -0.2) is 8.42 Å². The number of non-ortho nitro benzene ring substituents is 1. The number of carbonyl (C=O) groups is 1. The Balaban J connectivity index is 1.64. The number of sulfonamides is 1. The number of nitro benzene ring substituents is 1. The number of hydrogen-bond acceptors (Lipinski definition) is 5. The van der Waals surface area contributed by atoms with E-state index in [4.69, 9.17) is 11.6 Å². The molecular weight excluding hydrogens is 442 g/mol. The lowest BCUT2D eigenvalue weighted by molar-refractivity contribution is -0.385. The third-order valence-corrected chi connectivity index (χ3v) is 7.85. The van der Waals surface area contributed by atoms with Crippen LogP contribution in [0.4, 0.5) is 5.69 Å². The van der Waals surface area contributed by atoms with E-state index in [-0.39, 0.29) is 41.5 Å². The van der Waals surface area contributed by atoms with E-state index in [0.717, 1.165) is 11.6 Å². The third-order valence-electron chi connectivity index (χ3n) is 5.55. The van der Waals surface area contributed by atoms with Crippen LogP contribution in [0.2, 0.25) is 5.02 Å². The summed E-state index contributed by atoms with van der Waals surface area (Å²) in [6.07, 6.45) is 0.763. The maximum Gasteiger partial charge on any atom is 0.270 e. The van der Waals surface area contributed by atoms with Crippen molar-refractivity contribution >= 4 is 33.2 Å². The Hall–Kier alpha value is -2.49. The minimum absolute atomic E-state index is 0.0686. The molecule has 1 saturated heterocycles. The number of piperidine rings is 1. The number of nitrogens with one attached hydrogen (secondary N) is 1. The van der Waals surface area contributed by atoms with Gasteiger partial charge in [-0.3, -0.25) is 14.9 Å². The van der Waals surface area contributed by atoms with Gasteiger partial charge in [0.2, 0.25) is 15.9 Å². The molecule has 0 saturated carbocycles. The van der Waals surface area contributed by atoms with Crippen LogP contribution in [0.15, 0.2) is 47.4 Å². The van der Waals surface area contributed by atoms with Crippen LogP contribution in [0.3, 0.4) is 0 Å². The van der Waals surface area contributed by atoms with Crippen LogP contribution < -0.4 is 5.32 Å². The van der Waals surface area contributed by atoms with E-state index >= 15 is 0 Å². The molecule has 166 valence electrons. The van der Waals surface area contributed by atoms with Crippen LogP contribution in [-0.4, -0.2) is 36.6 Å². The lowest BCUT2D eigenvalue weighted by atomic mass is 9.96. The van der Waals surface area contributed by atoms with Crippen LogP contribution in [0.5, 0.6) is 0 Å². The first-order valence-electron chi connectivity index (χ1n) is 9.90. The van der Waals surface area contributed by atoms with E-state index in [1.807, 2.05) is 19.1 Å². The van der Waals surface area contributed by atoms with E-state index in [1.54, 1.807) is 19.1 Å². The molecule has 0 spiro atoms. The van der Waals surface area contributed by atoms with Crippen molar-refractivity contribution in [2.45, 2.75) is 37.6 Å². The number of hydrogen-bond donors (Lipinski definition) is 1. The Morgan fingerprint density at radius 1 is 1.19 bits per heavy atom. The van der Waals surface area contributed by atoms with Crippen LogP contribution in [0.25, 0.3) is 0 Å². The normalized spacial score (nSPS) is 16.6. The molecule has 1 fully saturated rings. The average Bonchev–Trinajstić information content (AvgIpc) is 2.74. The van der Waals surface area contributed by atoms with Gasteiger partial charge in [-0.2, -0.15) is 4.31 Å². The van der Waals surface area contributed by atoms with Gasteiger partial charge in [-0.1, -0.05) is 29.8 Å². The van der Waals surface area contributed by atoms with Gasteiger partial charge in [-0.15, -0.1) is 0 Å². The number of carbonyl (C=O) groups excluding carboxylic acids is 1. The molecule has 1 amide bonds. The standard InChI is InChI=1S/C21H24ClN3O5S/c1-14-3-8-19(25(27)28)13-20(14)31(29,30)24-11-9-17(10-12-24)21(26)23-15(2)16-4-6-18(22)7-5-16/h3-8,13,15,17H,9-12H2,1-2H3,(H,23,26). The minimum Gasteiger partial charge on any atom is -0.349 e. The van der Waals surface area contributed by atoms with E-state index in [9.17, 15) is 23.3 Å². The van der Waals surface area contributed by atoms with Gasteiger partial charge >= 0.3 is 0 Å². The highest BCUT2D eigenvalue weighted by Crippen LogP contribution is 2.28. The number of nitrogens with zero attached hydrogens (tertiary/aromatic N) is 2. The van der Waals surface area contributed by atoms with E-state index in [2.05, 4.69) is 5.32 Å². The fourth-order valence-corrected chi connectivity index (χ4v) is 5.48. The summed E-state index contributed by atoms with van der Waals surface area (Å²) in [6, 6.07) is 10.8. The second-order valence-corrected chi connectivity index (χ2v) is 10.0. The van der Waals surface area contributed by atoms with Crippen LogP contribution in [-0.2, 0) is 14.8 Å². The zero-order chi connectivity index (χ0) is 22.8. The predicted molar refractivity (Wildman–Crippen MR) is 117 cm³/mol. The van der Waals surface area contributed by atoms with Gasteiger partial charge in [-0.05, 0) is 49.9 Å². The van der Waals surface area contributed by atoms with Crippen molar-refractivity contribution in [1.82, 2.24) is 9.62 Å². The van der Waals surface area contributed by atoms with Gasteiger partial charge in [0.15, 0.2) is 0 Å². The fourth-order valence-electron chi connectivity index (χ4n) is 3.64. The number of rotatable bonds is 6. The van der Waals surface area contributed by atoms with Crippen molar-refractivity contribution < 1.29 is 18.1 Å². The smallest absolute Gasteiger partial charge is 0.270 e. The fraction of sp³-hybridized carbons (Fsp3) is 0.381. The quantitative estimate of drug-likeness (QED) is 0.515. The van der Waals surface area contributed by atoms with Crippen LogP contribution in [0.1, 0.15) is 36.9 Å². The van der Waals surface area contributed by atoms with E-state index in [0.29, 0.717) is 23.4 Å². The molecule has 0 radical (unpaired) electrons. The highest BCUT2D eigenvalue weighted by atomic mass is 35.5. The maximum absolute atomic E-state index is 13.0. The summed E-state index contributed by atoms with van der Waals surface area (Å²) in [5.74, 6) is -0.418. The molecule has 3 rings (SSSR count). The number of aryl methyl sites for hydroxylation is 1. The topological polar surface area (TPSA) is 110 Å². The van der Waals surface area contributed by atoms with Crippen molar-refractivity contribution in [3.8, 4) is 0 Å². The molecule has 1 heterocycles. The SMILES string of the molecule is Cc1ccc([N+](=O)[O-])cc1S(=O)(=O)N1CCC(C(=O)NC(C)c2ccc(Cl)cc2)CC1. The second kappa shape index (κ2) is 9.33. The highest BCUT2D eigenvalue weighted by molar-refractivity contribution is 7.89. The van der Waals surface area contributed by atoms with Gasteiger partial charge < -0.3 is 5.32 Å². The van der Waals surface area contributed by atoms with Gasteiger partial charge in [0.25, 0.3) is 5.69 Å². The average molecular weight is 466 g/mol. The summed E-state index contributed by atoms with van der Waals surface area (Å²) in [5.41, 5.74) is 1.11. The summed E-state index contributed by atoms with van der Waals surface area (Å²) in [4.78, 5) is 23.0. The number of benzene rings is 2. The Kier molecular flexibility index (Phi) is 6.98. The predicted octanol–water partition coefficient (Wildman–Crippen LogP) is 3.83. The molecule has 0 aromatic heterocycles. The molecule has 2 aromatic rings. The molecule has 0 aliphatic carbocycles. The Morgan fingerprint density at radius 3 is 2.39 bits per heavy atom. The first-order chi connectivity index (χ1) is 14.6. The summed E-state index contributed by atoms with van der Waals surface area (Å²) in [5, 5.41) is 14.6. The van der Waals surface area contributed by atoms with Crippen molar-refractivity contribution in [3.05, 3.63) is 68.7 Å². The molecule has 1 N–H and O–H groups in total. The van der Waals surface area contributed by atoms with Crippen molar-refractivity contribution in [2.24, 2.45) is 5.92 Å². The molecule has 31 heavy (non-hydrogen) atoms. The molecule has 1 atom stereocenters. The number of halogens is 1. The second-order valence-electron chi connectivity index (χ2n) is 7.67. The first-order valence-corrected chi connectivity index (χ1v) is 11.7. The molecule has 1 unspecified atom stereocenters. The molecule has 2 aromatic carbocycles. The molecule has 0 bridgehead atoms. The summed E-state index contributed by atoms with van der Waals surface area (Å²) in [7, 11) is -3.88. The minimum atomic E-state index is -3.88. The molecule has 1 aliphatic heterocycles. The lowest BCUT2D eigenvalue weighted by Gasteiger charge is -2.31. The largest absolute Gasteiger partial charge is 0.349 e. The number of amides is 1. The van der Waals surface area contributed by atoms with Crippen molar-refractivity contribution in [3.63, 3.8) is 0 Å². The monoisotopic (exact) mass is 465 g/mol.